The van der Waals surface area contributed by atoms with Crippen molar-refractivity contribution in [1.29, 1.82) is 5.26 Å². The van der Waals surface area contributed by atoms with E-state index >= 15 is 0 Å². The minimum absolute atomic E-state index is 0.0112. The molecule has 216 valence electrons. The number of rotatable bonds is 9. The molecule has 0 saturated carbocycles. The number of nitrogens with zero attached hydrogens (tertiary/aromatic N) is 5. The van der Waals surface area contributed by atoms with Crippen LogP contribution in [0.4, 0.5) is 4.39 Å². The highest BCUT2D eigenvalue weighted by molar-refractivity contribution is 5.92. The fraction of sp³-hybridized carbons (Fsp3) is 0.375. The first-order valence-electron chi connectivity index (χ1n) is 14.3. The summed E-state index contributed by atoms with van der Waals surface area (Å²) >= 11 is 0. The third-order valence-electron chi connectivity index (χ3n) is 8.15. The lowest BCUT2D eigenvalue weighted by atomic mass is 9.93. The molecule has 6 rings (SSSR count). The maximum Gasteiger partial charge on any atom is 0.335 e. The number of carboxylic acids is 1. The number of halogens is 1. The van der Waals surface area contributed by atoms with Gasteiger partial charge in [0.25, 0.3) is 5.88 Å². The van der Waals surface area contributed by atoms with Crippen molar-refractivity contribution < 1.29 is 23.8 Å². The van der Waals surface area contributed by atoms with E-state index in [0.29, 0.717) is 18.7 Å². The molecule has 9 nitrogen and oxygen atoms in total. The van der Waals surface area contributed by atoms with Gasteiger partial charge in [-0.2, -0.15) is 5.26 Å². The molecule has 2 aromatic carbocycles. The SMILES string of the molecule is N#Cc1ccc(COc2nc(C3CCN(Cc4nc5ccc(C(=O)O)cc5n4C[C@H]4CCCO4)CC3)ccc2F)cc1. The Morgan fingerprint density at radius 1 is 1.10 bits per heavy atom. The molecule has 0 unspecified atom stereocenters. The second kappa shape index (κ2) is 12.3. The summed E-state index contributed by atoms with van der Waals surface area (Å²) in [4.78, 5) is 23.4. The standard InChI is InChI=1S/C32H32FN5O4/c33-26-8-10-27(36-31(26)42-20-22-5-3-21(17-34)4-6-22)23-11-13-37(14-12-23)19-30-35-28-9-7-24(32(39)40)16-29(28)38(30)18-25-2-1-15-41-25/h3-10,16,23,25H,1-2,11-15,18-20H2,(H,39,40)/t25-/m1/s1. The van der Waals surface area contributed by atoms with E-state index in [4.69, 9.17) is 19.7 Å². The summed E-state index contributed by atoms with van der Waals surface area (Å²) < 4.78 is 28.2. The first-order chi connectivity index (χ1) is 20.5. The Balaban J connectivity index is 1.12. The molecule has 1 atom stereocenters. The van der Waals surface area contributed by atoms with Crippen LogP contribution < -0.4 is 4.74 Å². The number of ether oxygens (including phenoxy) is 2. The molecule has 1 N–H and O–H groups in total. The highest BCUT2D eigenvalue weighted by atomic mass is 19.1. The van der Waals surface area contributed by atoms with Crippen LogP contribution in [0.3, 0.4) is 0 Å². The zero-order chi connectivity index (χ0) is 29.1. The van der Waals surface area contributed by atoms with Gasteiger partial charge in [0, 0.05) is 18.2 Å². The lowest BCUT2D eigenvalue weighted by Crippen LogP contribution is -2.34. The average Bonchev–Trinajstić information content (AvgIpc) is 3.65. The van der Waals surface area contributed by atoms with Crippen LogP contribution in [0, 0.1) is 17.1 Å². The van der Waals surface area contributed by atoms with Crippen LogP contribution in [0.5, 0.6) is 5.88 Å². The van der Waals surface area contributed by atoms with E-state index in [1.54, 1.807) is 48.5 Å². The van der Waals surface area contributed by atoms with Gasteiger partial charge in [-0.15, -0.1) is 0 Å². The second-order valence-corrected chi connectivity index (χ2v) is 11.0. The van der Waals surface area contributed by atoms with Crippen molar-refractivity contribution in [3.8, 4) is 11.9 Å². The number of piperidine rings is 1. The predicted molar refractivity (Wildman–Crippen MR) is 153 cm³/mol. The highest BCUT2D eigenvalue weighted by Gasteiger charge is 2.26. The minimum atomic E-state index is -0.956. The molecule has 2 aliphatic rings. The van der Waals surface area contributed by atoms with Gasteiger partial charge in [-0.3, -0.25) is 4.90 Å². The van der Waals surface area contributed by atoms with Gasteiger partial charge in [-0.05, 0) is 86.8 Å². The van der Waals surface area contributed by atoms with Crippen molar-refractivity contribution in [3.05, 3.63) is 88.6 Å². The molecular weight excluding hydrogens is 537 g/mol. The van der Waals surface area contributed by atoms with Crippen LogP contribution in [0.2, 0.25) is 0 Å². The number of imidazole rings is 1. The molecular formula is C32H32FN5O4. The third-order valence-corrected chi connectivity index (χ3v) is 8.15. The summed E-state index contributed by atoms with van der Waals surface area (Å²) in [5.74, 6) is -0.380. The van der Waals surface area contributed by atoms with Gasteiger partial charge in [-0.1, -0.05) is 12.1 Å². The van der Waals surface area contributed by atoms with Gasteiger partial charge in [0.1, 0.15) is 12.4 Å². The number of likely N-dealkylation sites (tertiary alicyclic amines) is 1. The molecule has 4 aromatic rings. The molecule has 4 heterocycles. The van der Waals surface area contributed by atoms with Crippen molar-refractivity contribution in [3.63, 3.8) is 0 Å². The summed E-state index contributed by atoms with van der Waals surface area (Å²) in [5, 5.41) is 18.5. The summed E-state index contributed by atoms with van der Waals surface area (Å²) in [5.41, 5.74) is 4.06. The monoisotopic (exact) mass is 569 g/mol. The second-order valence-electron chi connectivity index (χ2n) is 11.0. The van der Waals surface area contributed by atoms with Crippen LogP contribution in [-0.4, -0.2) is 56.3 Å². The average molecular weight is 570 g/mol. The number of hydrogen-bond donors (Lipinski definition) is 1. The van der Waals surface area contributed by atoms with Crippen LogP contribution in [0.1, 0.15) is 64.6 Å². The van der Waals surface area contributed by atoms with Gasteiger partial charge < -0.3 is 19.1 Å². The highest BCUT2D eigenvalue weighted by Crippen LogP contribution is 2.30. The van der Waals surface area contributed by atoms with Gasteiger partial charge >= 0.3 is 5.97 Å². The van der Waals surface area contributed by atoms with Crippen molar-refractivity contribution in [2.24, 2.45) is 0 Å². The normalized spacial score (nSPS) is 17.9. The minimum Gasteiger partial charge on any atom is -0.478 e. The number of hydrogen-bond acceptors (Lipinski definition) is 7. The molecule has 0 bridgehead atoms. The lowest BCUT2D eigenvalue weighted by Gasteiger charge is -2.31. The molecule has 10 heteroatoms. The van der Waals surface area contributed by atoms with E-state index in [1.807, 2.05) is 0 Å². The number of fused-ring (bicyclic) bond motifs is 1. The molecule has 0 aliphatic carbocycles. The fourth-order valence-corrected chi connectivity index (χ4v) is 5.80. The van der Waals surface area contributed by atoms with Gasteiger partial charge in [0.2, 0.25) is 0 Å². The van der Waals surface area contributed by atoms with Gasteiger partial charge in [-0.25, -0.2) is 19.2 Å². The van der Waals surface area contributed by atoms with Crippen LogP contribution in [0.25, 0.3) is 11.0 Å². The Hall–Kier alpha value is -4.33. The molecule has 2 saturated heterocycles. The van der Waals surface area contributed by atoms with Crippen molar-refractivity contribution in [1.82, 2.24) is 19.4 Å². The van der Waals surface area contributed by atoms with E-state index in [-0.39, 0.29) is 30.1 Å². The zero-order valence-corrected chi connectivity index (χ0v) is 23.2. The largest absolute Gasteiger partial charge is 0.478 e. The summed E-state index contributed by atoms with van der Waals surface area (Å²) in [7, 11) is 0. The Morgan fingerprint density at radius 3 is 2.62 bits per heavy atom. The van der Waals surface area contributed by atoms with Crippen molar-refractivity contribution >= 4 is 17.0 Å². The first-order valence-corrected chi connectivity index (χ1v) is 14.3. The Morgan fingerprint density at radius 2 is 1.90 bits per heavy atom. The van der Waals surface area contributed by atoms with Crippen LogP contribution in [0.15, 0.2) is 54.6 Å². The summed E-state index contributed by atoms with van der Waals surface area (Å²) in [6.07, 6.45) is 3.83. The molecule has 2 fully saturated rings. The zero-order valence-electron chi connectivity index (χ0n) is 23.2. The number of pyridine rings is 1. The molecule has 0 radical (unpaired) electrons. The van der Waals surface area contributed by atoms with Crippen LogP contribution >= 0.6 is 0 Å². The van der Waals surface area contributed by atoms with E-state index in [2.05, 4.69) is 20.5 Å². The quantitative estimate of drug-likeness (QED) is 0.290. The van der Waals surface area contributed by atoms with E-state index in [0.717, 1.165) is 73.5 Å². The molecule has 0 spiro atoms. The number of carbonyl (C=O) groups is 1. The van der Waals surface area contributed by atoms with Crippen molar-refractivity contribution in [2.75, 3.05) is 19.7 Å². The Bertz CT molecular complexity index is 1620. The molecule has 42 heavy (non-hydrogen) atoms. The van der Waals surface area contributed by atoms with Crippen LogP contribution in [-0.2, 0) is 24.4 Å². The van der Waals surface area contributed by atoms with E-state index in [1.165, 1.54) is 6.07 Å². The van der Waals surface area contributed by atoms with Gasteiger partial charge in [0.15, 0.2) is 5.82 Å². The third kappa shape index (κ3) is 6.12. The first kappa shape index (κ1) is 27.8. The summed E-state index contributed by atoms with van der Waals surface area (Å²) in [6, 6.07) is 17.3. The molecule has 2 aliphatic heterocycles. The predicted octanol–water partition coefficient (Wildman–Crippen LogP) is 5.28. The smallest absolute Gasteiger partial charge is 0.335 e. The van der Waals surface area contributed by atoms with Crippen molar-refractivity contribution in [2.45, 2.75) is 57.4 Å². The van der Waals surface area contributed by atoms with E-state index in [9.17, 15) is 14.3 Å². The number of benzene rings is 2. The maximum atomic E-state index is 14.5. The number of carboxylic acid groups (broad SMARTS) is 1. The number of aromatic carboxylic acids is 1. The van der Waals surface area contributed by atoms with E-state index < -0.39 is 11.8 Å². The number of nitriles is 1. The summed E-state index contributed by atoms with van der Waals surface area (Å²) in [6.45, 7) is 3.87. The fourth-order valence-electron chi connectivity index (χ4n) is 5.80. The molecule has 0 amide bonds. The molecule has 2 aromatic heterocycles. The maximum absolute atomic E-state index is 14.5. The van der Waals surface area contributed by atoms with Gasteiger partial charge in [0.05, 0.1) is 47.4 Å². The Kier molecular flexibility index (Phi) is 8.13. The topological polar surface area (TPSA) is 114 Å². The Labute approximate surface area is 243 Å². The number of aromatic nitrogens is 3. The lowest BCUT2D eigenvalue weighted by molar-refractivity contribution is 0.0697.